The van der Waals surface area contributed by atoms with E-state index in [-0.39, 0.29) is 25.7 Å². The predicted molar refractivity (Wildman–Crippen MR) is 94.1 cm³/mol. The molecule has 0 unspecified atom stereocenters. The molecule has 1 amide bonds. The van der Waals surface area contributed by atoms with Gasteiger partial charge in [0.25, 0.3) is 5.91 Å². The minimum absolute atomic E-state index is 0.0611. The third-order valence-corrected chi connectivity index (χ3v) is 3.57. The number of hydrogen-bond donors (Lipinski definition) is 1. The van der Waals surface area contributed by atoms with Gasteiger partial charge in [-0.15, -0.1) is 0 Å². The number of nitriles is 1. The number of ether oxygens (including phenoxy) is 2. The van der Waals surface area contributed by atoms with Gasteiger partial charge in [0, 0.05) is 10.0 Å². The van der Waals surface area contributed by atoms with Gasteiger partial charge in [-0.05, 0) is 42.5 Å². The number of esters is 1. The number of halogens is 1. The van der Waals surface area contributed by atoms with Gasteiger partial charge in [-0.1, -0.05) is 22.0 Å². The summed E-state index contributed by atoms with van der Waals surface area (Å²) in [7, 11) is 0. The first-order chi connectivity index (χ1) is 12.1. The molecule has 0 atom stereocenters. The van der Waals surface area contributed by atoms with Gasteiger partial charge in [0.2, 0.25) is 0 Å². The third kappa shape index (κ3) is 6.28. The van der Waals surface area contributed by atoms with Gasteiger partial charge in [0.05, 0.1) is 11.6 Å². The Morgan fingerprint density at radius 2 is 1.88 bits per heavy atom. The summed E-state index contributed by atoms with van der Waals surface area (Å²) in [6.45, 7) is 0.0189. The highest BCUT2D eigenvalue weighted by molar-refractivity contribution is 9.10. The van der Waals surface area contributed by atoms with Crippen molar-refractivity contribution in [2.24, 2.45) is 0 Å². The van der Waals surface area contributed by atoms with Crippen LogP contribution in [0.5, 0.6) is 5.75 Å². The Kier molecular flexibility index (Phi) is 6.99. The maximum absolute atomic E-state index is 11.9. The number of amides is 1. The average molecular weight is 403 g/mol. The molecule has 0 bridgehead atoms. The molecule has 128 valence electrons. The summed E-state index contributed by atoms with van der Waals surface area (Å²) in [4.78, 5) is 23.5. The predicted octanol–water partition coefficient (Wildman–Crippen LogP) is 2.67. The quantitative estimate of drug-likeness (QED) is 0.567. The summed E-state index contributed by atoms with van der Waals surface area (Å²) in [5.74, 6) is -0.322. The molecule has 0 saturated heterocycles. The lowest BCUT2D eigenvalue weighted by Gasteiger charge is -2.08. The van der Waals surface area contributed by atoms with Gasteiger partial charge in [0.1, 0.15) is 25.5 Å². The van der Waals surface area contributed by atoms with Crippen LogP contribution in [-0.4, -0.2) is 31.6 Å². The monoisotopic (exact) mass is 402 g/mol. The standard InChI is InChI=1S/C18H15BrN2O4/c19-15-3-1-2-14(10-15)18(23)21-12-17(22)25-9-8-24-16-6-4-13(11-20)5-7-16/h1-7,10H,8-9,12H2,(H,21,23). The zero-order chi connectivity index (χ0) is 18.1. The molecule has 0 heterocycles. The molecule has 2 aromatic carbocycles. The molecular weight excluding hydrogens is 388 g/mol. The number of nitrogens with one attached hydrogen (secondary N) is 1. The normalized spacial score (nSPS) is 9.76. The van der Waals surface area contributed by atoms with Crippen LogP contribution in [0.2, 0.25) is 0 Å². The summed E-state index contributed by atoms with van der Waals surface area (Å²) < 4.78 is 11.1. The molecule has 0 aromatic heterocycles. The highest BCUT2D eigenvalue weighted by Crippen LogP contribution is 2.12. The largest absolute Gasteiger partial charge is 0.490 e. The highest BCUT2D eigenvalue weighted by Gasteiger charge is 2.09. The van der Waals surface area contributed by atoms with Crippen molar-refractivity contribution in [2.45, 2.75) is 0 Å². The molecule has 0 radical (unpaired) electrons. The molecule has 1 N–H and O–H groups in total. The first kappa shape index (κ1) is 18.5. The molecule has 2 rings (SSSR count). The Morgan fingerprint density at radius 3 is 2.56 bits per heavy atom. The van der Waals surface area contributed by atoms with E-state index in [2.05, 4.69) is 21.2 Å². The van der Waals surface area contributed by atoms with Crippen LogP contribution in [0.4, 0.5) is 0 Å². The molecule has 25 heavy (non-hydrogen) atoms. The Labute approximate surface area is 153 Å². The Morgan fingerprint density at radius 1 is 1.12 bits per heavy atom. The highest BCUT2D eigenvalue weighted by atomic mass is 79.9. The van der Waals surface area contributed by atoms with Crippen molar-refractivity contribution in [3.63, 3.8) is 0 Å². The molecule has 0 fully saturated rings. The van der Waals surface area contributed by atoms with Crippen LogP contribution in [0.15, 0.2) is 53.0 Å². The number of benzene rings is 2. The minimum Gasteiger partial charge on any atom is -0.490 e. The maximum atomic E-state index is 11.9. The minimum atomic E-state index is -0.549. The van der Waals surface area contributed by atoms with E-state index < -0.39 is 5.97 Å². The van der Waals surface area contributed by atoms with E-state index in [1.165, 1.54) is 0 Å². The fraction of sp³-hybridized carbons (Fsp3) is 0.167. The molecule has 0 spiro atoms. The summed E-state index contributed by atoms with van der Waals surface area (Å²) >= 11 is 3.28. The first-order valence-corrected chi connectivity index (χ1v) is 8.20. The fourth-order valence-electron chi connectivity index (χ4n) is 1.88. The molecular formula is C18H15BrN2O4. The van der Waals surface area contributed by atoms with Crippen molar-refractivity contribution >= 4 is 27.8 Å². The van der Waals surface area contributed by atoms with Crippen molar-refractivity contribution in [2.75, 3.05) is 19.8 Å². The van der Waals surface area contributed by atoms with Crippen LogP contribution in [0.25, 0.3) is 0 Å². The van der Waals surface area contributed by atoms with E-state index >= 15 is 0 Å². The number of carbonyl (C=O) groups excluding carboxylic acids is 2. The van der Waals surface area contributed by atoms with Crippen molar-refractivity contribution in [3.8, 4) is 11.8 Å². The molecule has 0 aliphatic carbocycles. The van der Waals surface area contributed by atoms with Crippen molar-refractivity contribution in [3.05, 3.63) is 64.1 Å². The summed E-state index contributed by atoms with van der Waals surface area (Å²) in [6.07, 6.45) is 0. The molecule has 2 aromatic rings. The van der Waals surface area contributed by atoms with Crippen LogP contribution in [0.1, 0.15) is 15.9 Å². The van der Waals surface area contributed by atoms with Gasteiger partial charge in [-0.2, -0.15) is 5.26 Å². The zero-order valence-electron chi connectivity index (χ0n) is 13.2. The van der Waals surface area contributed by atoms with E-state index in [0.717, 1.165) is 4.47 Å². The number of hydrogen-bond acceptors (Lipinski definition) is 5. The maximum Gasteiger partial charge on any atom is 0.325 e. The summed E-state index contributed by atoms with van der Waals surface area (Å²) in [5, 5.41) is 11.2. The van der Waals surface area contributed by atoms with Crippen LogP contribution >= 0.6 is 15.9 Å². The molecule has 6 nitrogen and oxygen atoms in total. The van der Waals surface area contributed by atoms with E-state index in [0.29, 0.717) is 16.9 Å². The number of rotatable bonds is 7. The topological polar surface area (TPSA) is 88.4 Å². The lowest BCUT2D eigenvalue weighted by molar-refractivity contribution is -0.143. The number of nitrogens with zero attached hydrogens (tertiary/aromatic N) is 1. The zero-order valence-corrected chi connectivity index (χ0v) is 14.8. The van der Waals surface area contributed by atoms with E-state index in [9.17, 15) is 9.59 Å². The number of carbonyl (C=O) groups is 2. The third-order valence-electron chi connectivity index (χ3n) is 3.08. The van der Waals surface area contributed by atoms with Gasteiger partial charge in [-0.3, -0.25) is 9.59 Å². The van der Waals surface area contributed by atoms with E-state index in [1.54, 1.807) is 48.5 Å². The summed E-state index contributed by atoms with van der Waals surface area (Å²) in [5.41, 5.74) is 0.992. The fourth-order valence-corrected chi connectivity index (χ4v) is 2.28. The first-order valence-electron chi connectivity index (χ1n) is 7.41. The van der Waals surface area contributed by atoms with Crippen molar-refractivity contribution < 1.29 is 19.1 Å². The lowest BCUT2D eigenvalue weighted by Crippen LogP contribution is -2.31. The van der Waals surface area contributed by atoms with Crippen LogP contribution in [0, 0.1) is 11.3 Å². The Hall–Kier alpha value is -2.85. The second kappa shape index (κ2) is 9.45. The van der Waals surface area contributed by atoms with E-state index in [1.807, 2.05) is 6.07 Å². The average Bonchev–Trinajstić information content (AvgIpc) is 2.63. The van der Waals surface area contributed by atoms with Gasteiger partial charge >= 0.3 is 5.97 Å². The van der Waals surface area contributed by atoms with Crippen LogP contribution < -0.4 is 10.1 Å². The molecule has 7 heteroatoms. The Bertz CT molecular complexity index is 784. The smallest absolute Gasteiger partial charge is 0.325 e. The van der Waals surface area contributed by atoms with Crippen molar-refractivity contribution in [1.29, 1.82) is 5.26 Å². The molecule has 0 aliphatic rings. The van der Waals surface area contributed by atoms with Crippen LogP contribution in [0.3, 0.4) is 0 Å². The Balaban J connectivity index is 1.65. The summed E-state index contributed by atoms with van der Waals surface area (Å²) in [6, 6.07) is 15.5. The van der Waals surface area contributed by atoms with Gasteiger partial charge in [-0.25, -0.2) is 0 Å². The molecule has 0 aliphatic heterocycles. The second-order valence-corrected chi connectivity index (χ2v) is 5.81. The second-order valence-electron chi connectivity index (χ2n) is 4.90. The van der Waals surface area contributed by atoms with E-state index in [4.69, 9.17) is 14.7 Å². The molecule has 0 saturated carbocycles. The van der Waals surface area contributed by atoms with Crippen LogP contribution in [-0.2, 0) is 9.53 Å². The van der Waals surface area contributed by atoms with Gasteiger partial charge < -0.3 is 14.8 Å². The van der Waals surface area contributed by atoms with Gasteiger partial charge in [0.15, 0.2) is 0 Å². The lowest BCUT2D eigenvalue weighted by atomic mass is 10.2. The SMILES string of the molecule is N#Cc1ccc(OCCOC(=O)CNC(=O)c2cccc(Br)c2)cc1. The van der Waals surface area contributed by atoms with Crippen molar-refractivity contribution in [1.82, 2.24) is 5.32 Å².